The Balaban J connectivity index is 1.71. The molecule has 1 spiro atoms. The van der Waals surface area contributed by atoms with E-state index in [1.165, 1.54) is 32.1 Å². The Labute approximate surface area is 127 Å². The van der Waals surface area contributed by atoms with Crippen molar-refractivity contribution in [1.82, 2.24) is 14.8 Å². The summed E-state index contributed by atoms with van der Waals surface area (Å²) in [5.41, 5.74) is 0.446. The molecule has 0 aromatic carbocycles. The van der Waals surface area contributed by atoms with E-state index in [0.29, 0.717) is 11.6 Å². The zero-order valence-corrected chi connectivity index (χ0v) is 13.1. The second-order valence-electron chi connectivity index (χ2n) is 6.75. The molecule has 2 aliphatic rings. The van der Waals surface area contributed by atoms with E-state index in [1.54, 1.807) is 6.07 Å². The van der Waals surface area contributed by atoms with Crippen LogP contribution in [-0.2, 0) is 6.54 Å². The predicted octanol–water partition coefficient (Wildman–Crippen LogP) is 1.84. The fraction of sp³-hybridized carbons (Fsp3) is 0.706. The summed E-state index contributed by atoms with van der Waals surface area (Å²) in [5.74, 6) is 0. The third-order valence-corrected chi connectivity index (χ3v) is 5.24. The number of nitrogens with one attached hydrogen (secondary N) is 1. The smallest absolute Gasteiger partial charge is 0.250 e. The number of nitrogens with zero attached hydrogens (tertiary/aromatic N) is 2. The zero-order valence-electron chi connectivity index (χ0n) is 13.1. The molecule has 0 amide bonds. The number of aromatic nitrogens is 1. The van der Waals surface area contributed by atoms with Crippen LogP contribution < -0.4 is 10.9 Å². The first-order chi connectivity index (χ1) is 10.2. The van der Waals surface area contributed by atoms with Crippen LogP contribution >= 0.6 is 0 Å². The van der Waals surface area contributed by atoms with Crippen LogP contribution in [-0.4, -0.2) is 40.7 Å². The summed E-state index contributed by atoms with van der Waals surface area (Å²) in [5, 5.41) is 3.67. The molecule has 0 radical (unpaired) electrons. The second kappa shape index (κ2) is 6.32. The molecule has 0 bridgehead atoms. The topological polar surface area (TPSA) is 37.3 Å². The van der Waals surface area contributed by atoms with Gasteiger partial charge in [-0.1, -0.05) is 25.3 Å². The Bertz CT molecular complexity index is 519. The van der Waals surface area contributed by atoms with Crippen molar-refractivity contribution in [3.63, 3.8) is 0 Å². The van der Waals surface area contributed by atoms with Crippen molar-refractivity contribution in [2.75, 3.05) is 19.6 Å². The predicted molar refractivity (Wildman–Crippen MR) is 85.6 cm³/mol. The molecule has 1 aliphatic heterocycles. The van der Waals surface area contributed by atoms with Crippen LogP contribution in [0.1, 0.15) is 39.0 Å². The van der Waals surface area contributed by atoms with Crippen LogP contribution in [0.3, 0.4) is 0 Å². The van der Waals surface area contributed by atoms with Crippen molar-refractivity contribution in [3.8, 4) is 0 Å². The lowest BCUT2D eigenvalue weighted by molar-refractivity contribution is 0.0102. The minimum atomic E-state index is 0.110. The highest BCUT2D eigenvalue weighted by Gasteiger charge is 2.40. The average molecular weight is 289 g/mol. The van der Waals surface area contributed by atoms with Gasteiger partial charge in [-0.05, 0) is 25.8 Å². The lowest BCUT2D eigenvalue weighted by Gasteiger charge is -2.51. The third-order valence-electron chi connectivity index (χ3n) is 5.24. The standard InChI is InChI=1S/C17H27N3O/c1-15-13-20(12-11-19-10-6-3-7-16(19)21)17(14-18-15)8-4-2-5-9-17/h3,6-7,10,15,18H,2,4-5,8-9,11-14H2,1H3. The maximum Gasteiger partial charge on any atom is 0.250 e. The SMILES string of the molecule is CC1CN(CCn2ccccc2=O)C2(CCCCC2)CN1. The van der Waals surface area contributed by atoms with Crippen LogP contribution in [0.2, 0.25) is 0 Å². The lowest BCUT2D eigenvalue weighted by atomic mass is 9.78. The van der Waals surface area contributed by atoms with Gasteiger partial charge >= 0.3 is 0 Å². The summed E-state index contributed by atoms with van der Waals surface area (Å²) in [6, 6.07) is 5.95. The van der Waals surface area contributed by atoms with Gasteiger partial charge in [0.2, 0.25) is 0 Å². The Morgan fingerprint density at radius 1 is 1.24 bits per heavy atom. The highest BCUT2D eigenvalue weighted by molar-refractivity contribution is 5.00. The molecule has 1 saturated carbocycles. The molecule has 3 rings (SSSR count). The summed E-state index contributed by atoms with van der Waals surface area (Å²) in [6.07, 6.45) is 8.58. The van der Waals surface area contributed by atoms with Crippen LogP contribution in [0, 0.1) is 0 Å². The molecule has 4 nitrogen and oxygen atoms in total. The van der Waals surface area contributed by atoms with E-state index in [4.69, 9.17) is 0 Å². The van der Waals surface area contributed by atoms with Crippen molar-refractivity contribution in [1.29, 1.82) is 0 Å². The summed E-state index contributed by atoms with van der Waals surface area (Å²) in [4.78, 5) is 14.5. The number of pyridine rings is 1. The van der Waals surface area contributed by atoms with Crippen molar-refractivity contribution >= 4 is 0 Å². The largest absolute Gasteiger partial charge is 0.314 e. The Hall–Kier alpha value is -1.13. The van der Waals surface area contributed by atoms with Crippen LogP contribution in [0.15, 0.2) is 29.2 Å². The average Bonchev–Trinajstić information content (AvgIpc) is 2.51. The number of piperazine rings is 1. The quantitative estimate of drug-likeness (QED) is 0.922. The first-order valence-electron chi connectivity index (χ1n) is 8.34. The number of rotatable bonds is 3. The highest BCUT2D eigenvalue weighted by Crippen LogP contribution is 2.35. The van der Waals surface area contributed by atoms with Gasteiger partial charge in [0.05, 0.1) is 0 Å². The molecule has 2 fully saturated rings. The monoisotopic (exact) mass is 289 g/mol. The summed E-state index contributed by atoms with van der Waals surface area (Å²) in [7, 11) is 0. The van der Waals surface area contributed by atoms with E-state index in [2.05, 4.69) is 17.1 Å². The first kappa shape index (κ1) is 14.8. The third kappa shape index (κ3) is 3.22. The molecule has 4 heteroatoms. The first-order valence-corrected chi connectivity index (χ1v) is 8.34. The van der Waals surface area contributed by atoms with Crippen LogP contribution in [0.5, 0.6) is 0 Å². The zero-order chi connectivity index (χ0) is 14.7. The second-order valence-corrected chi connectivity index (χ2v) is 6.75. The molecule has 1 N–H and O–H groups in total. The van der Waals surface area contributed by atoms with Crippen molar-refractivity contribution in [3.05, 3.63) is 34.7 Å². The van der Waals surface area contributed by atoms with E-state index < -0.39 is 0 Å². The highest BCUT2D eigenvalue weighted by atomic mass is 16.1. The minimum Gasteiger partial charge on any atom is -0.314 e. The maximum absolute atomic E-state index is 11.9. The van der Waals surface area contributed by atoms with E-state index in [9.17, 15) is 4.79 Å². The number of hydrogen-bond acceptors (Lipinski definition) is 3. The molecule has 1 aliphatic carbocycles. The van der Waals surface area contributed by atoms with Crippen LogP contribution in [0.4, 0.5) is 0 Å². The van der Waals surface area contributed by atoms with Crippen molar-refractivity contribution < 1.29 is 0 Å². The molecule has 1 unspecified atom stereocenters. The number of hydrogen-bond donors (Lipinski definition) is 1. The molecular weight excluding hydrogens is 262 g/mol. The lowest BCUT2D eigenvalue weighted by Crippen LogP contribution is -2.65. The molecule has 1 saturated heterocycles. The molecule has 1 aromatic rings. The molecular formula is C17H27N3O. The van der Waals surface area contributed by atoms with Gasteiger partial charge in [0.25, 0.3) is 5.56 Å². The maximum atomic E-state index is 11.9. The van der Waals surface area contributed by atoms with Gasteiger partial charge in [0.15, 0.2) is 0 Å². The molecule has 116 valence electrons. The molecule has 2 heterocycles. The molecule has 21 heavy (non-hydrogen) atoms. The Kier molecular flexibility index (Phi) is 4.45. The van der Waals surface area contributed by atoms with Gasteiger partial charge in [0.1, 0.15) is 0 Å². The molecule has 1 aromatic heterocycles. The van der Waals surface area contributed by atoms with Gasteiger partial charge < -0.3 is 9.88 Å². The van der Waals surface area contributed by atoms with E-state index >= 15 is 0 Å². The van der Waals surface area contributed by atoms with Gasteiger partial charge in [0, 0.05) is 50.0 Å². The van der Waals surface area contributed by atoms with Crippen molar-refractivity contribution in [2.24, 2.45) is 0 Å². The van der Waals surface area contributed by atoms with Crippen molar-refractivity contribution in [2.45, 2.75) is 57.2 Å². The summed E-state index contributed by atoms with van der Waals surface area (Å²) in [6.45, 7) is 6.25. The Morgan fingerprint density at radius 2 is 2.05 bits per heavy atom. The fourth-order valence-corrected chi connectivity index (χ4v) is 3.97. The fourth-order valence-electron chi connectivity index (χ4n) is 3.97. The summed E-state index contributed by atoms with van der Waals surface area (Å²) >= 11 is 0. The van der Waals surface area contributed by atoms with Gasteiger partial charge in [-0.3, -0.25) is 9.69 Å². The van der Waals surface area contributed by atoms with Gasteiger partial charge in [-0.2, -0.15) is 0 Å². The molecule has 1 atom stereocenters. The van der Waals surface area contributed by atoms with Crippen LogP contribution in [0.25, 0.3) is 0 Å². The minimum absolute atomic E-state index is 0.110. The Morgan fingerprint density at radius 3 is 2.81 bits per heavy atom. The van der Waals surface area contributed by atoms with E-state index in [1.807, 2.05) is 22.9 Å². The summed E-state index contributed by atoms with van der Waals surface area (Å²) < 4.78 is 1.84. The normalized spacial score (nSPS) is 26.0. The van der Waals surface area contributed by atoms with Gasteiger partial charge in [-0.25, -0.2) is 0 Å². The van der Waals surface area contributed by atoms with Gasteiger partial charge in [-0.15, -0.1) is 0 Å². The van der Waals surface area contributed by atoms with E-state index in [0.717, 1.165) is 26.2 Å². The van der Waals surface area contributed by atoms with E-state index in [-0.39, 0.29) is 5.56 Å².